The summed E-state index contributed by atoms with van der Waals surface area (Å²) in [6.07, 6.45) is 8.34. The molecule has 1 aromatic carbocycles. The molecule has 0 spiro atoms. The van der Waals surface area contributed by atoms with Gasteiger partial charge >= 0.3 is 0 Å². The van der Waals surface area contributed by atoms with Gasteiger partial charge in [0.1, 0.15) is 11.5 Å². The minimum Gasteiger partial charge on any atom is -0.346 e. The van der Waals surface area contributed by atoms with Crippen molar-refractivity contribution >= 4 is 22.1 Å². The van der Waals surface area contributed by atoms with Crippen LogP contribution in [0.2, 0.25) is 0 Å². The van der Waals surface area contributed by atoms with Gasteiger partial charge in [-0.2, -0.15) is 0 Å². The SMILES string of the molecule is Fc1cncc(Cn2cnc3ccc(-c4ccnc5[nH]ccc45)cc32)c1. The molecule has 0 amide bonds. The van der Waals surface area contributed by atoms with Gasteiger partial charge in [-0.3, -0.25) is 4.98 Å². The number of aromatic nitrogens is 5. The zero-order valence-electron chi connectivity index (χ0n) is 13.7. The fourth-order valence-electron chi connectivity index (χ4n) is 3.30. The number of H-pyrrole nitrogens is 1. The highest BCUT2D eigenvalue weighted by molar-refractivity contribution is 5.95. The van der Waals surface area contributed by atoms with Crippen molar-refractivity contribution in [2.45, 2.75) is 6.54 Å². The van der Waals surface area contributed by atoms with Crippen molar-refractivity contribution in [3.8, 4) is 11.1 Å². The standard InChI is InChI=1S/C20H14FN5/c21-15-7-13(9-22-10-15)11-26-12-25-18-2-1-14(8-19(18)26)16-3-5-23-20-17(16)4-6-24-20/h1-10,12H,11H2,(H,23,24). The van der Waals surface area contributed by atoms with Gasteiger partial charge in [-0.05, 0) is 47.0 Å². The van der Waals surface area contributed by atoms with Crippen molar-refractivity contribution in [1.82, 2.24) is 24.5 Å². The number of nitrogens with one attached hydrogen (secondary N) is 1. The van der Waals surface area contributed by atoms with Crippen molar-refractivity contribution < 1.29 is 4.39 Å². The molecule has 6 heteroatoms. The van der Waals surface area contributed by atoms with Gasteiger partial charge in [0.05, 0.1) is 30.1 Å². The lowest BCUT2D eigenvalue weighted by atomic mass is 10.0. The Morgan fingerprint density at radius 3 is 2.92 bits per heavy atom. The van der Waals surface area contributed by atoms with Crippen molar-refractivity contribution in [3.63, 3.8) is 0 Å². The number of aromatic amines is 1. The lowest BCUT2D eigenvalue weighted by Crippen LogP contribution is -1.99. The average Bonchev–Trinajstić information content (AvgIpc) is 3.28. The van der Waals surface area contributed by atoms with Gasteiger partial charge in [-0.1, -0.05) is 6.07 Å². The second-order valence-corrected chi connectivity index (χ2v) is 6.19. The Kier molecular flexibility index (Phi) is 3.28. The summed E-state index contributed by atoms with van der Waals surface area (Å²) >= 11 is 0. The number of hydrogen-bond acceptors (Lipinski definition) is 3. The first-order valence-corrected chi connectivity index (χ1v) is 8.25. The van der Waals surface area contributed by atoms with Crippen LogP contribution in [0.15, 0.2) is 67.5 Å². The van der Waals surface area contributed by atoms with Crippen LogP contribution in [0, 0.1) is 5.82 Å². The monoisotopic (exact) mass is 343 g/mol. The van der Waals surface area contributed by atoms with Crippen LogP contribution in [0.1, 0.15) is 5.56 Å². The molecule has 1 N–H and O–H groups in total. The number of imidazole rings is 1. The summed E-state index contributed by atoms with van der Waals surface area (Å²) in [5.41, 5.74) is 5.75. The summed E-state index contributed by atoms with van der Waals surface area (Å²) in [6, 6.07) is 11.7. The molecule has 5 aromatic rings. The first kappa shape index (κ1) is 14.8. The smallest absolute Gasteiger partial charge is 0.141 e. The van der Waals surface area contributed by atoms with E-state index in [0.29, 0.717) is 6.54 Å². The van der Waals surface area contributed by atoms with E-state index in [9.17, 15) is 4.39 Å². The molecule has 0 atom stereocenters. The number of hydrogen-bond donors (Lipinski definition) is 1. The largest absolute Gasteiger partial charge is 0.346 e. The van der Waals surface area contributed by atoms with E-state index in [4.69, 9.17) is 0 Å². The number of rotatable bonds is 3. The maximum absolute atomic E-state index is 13.4. The van der Waals surface area contributed by atoms with Crippen LogP contribution >= 0.6 is 0 Å². The Hall–Kier alpha value is -3.54. The Morgan fingerprint density at radius 2 is 2.00 bits per heavy atom. The normalized spacial score (nSPS) is 11.4. The molecule has 0 bridgehead atoms. The maximum Gasteiger partial charge on any atom is 0.141 e. The highest BCUT2D eigenvalue weighted by Gasteiger charge is 2.09. The van der Waals surface area contributed by atoms with E-state index in [1.165, 1.54) is 12.3 Å². The summed E-state index contributed by atoms with van der Waals surface area (Å²) in [5.74, 6) is -0.334. The van der Waals surface area contributed by atoms with Crippen LogP contribution in [0.25, 0.3) is 33.2 Å². The van der Waals surface area contributed by atoms with Crippen LogP contribution in [0.4, 0.5) is 4.39 Å². The lowest BCUT2D eigenvalue weighted by molar-refractivity contribution is 0.616. The van der Waals surface area contributed by atoms with Gasteiger partial charge in [-0.25, -0.2) is 14.4 Å². The number of nitrogens with zero attached hydrogens (tertiary/aromatic N) is 4. The van der Waals surface area contributed by atoms with Gasteiger partial charge in [0.25, 0.3) is 0 Å². The minimum atomic E-state index is -0.334. The number of pyridine rings is 2. The fraction of sp³-hybridized carbons (Fsp3) is 0.0500. The summed E-state index contributed by atoms with van der Waals surface area (Å²) in [5, 5.41) is 1.08. The van der Waals surface area contributed by atoms with Crippen LogP contribution in [0.5, 0.6) is 0 Å². The molecule has 0 unspecified atom stereocenters. The number of halogens is 1. The summed E-state index contributed by atoms with van der Waals surface area (Å²) in [4.78, 5) is 15.9. The van der Waals surface area contributed by atoms with Crippen molar-refractivity contribution in [1.29, 1.82) is 0 Å². The van der Waals surface area contributed by atoms with E-state index in [1.807, 2.05) is 29.0 Å². The highest BCUT2D eigenvalue weighted by atomic mass is 19.1. The van der Waals surface area contributed by atoms with Crippen molar-refractivity contribution in [3.05, 3.63) is 78.9 Å². The van der Waals surface area contributed by atoms with Crippen LogP contribution in [-0.2, 0) is 6.54 Å². The van der Waals surface area contributed by atoms with Crippen LogP contribution < -0.4 is 0 Å². The predicted octanol–water partition coefficient (Wildman–Crippen LogP) is 4.16. The summed E-state index contributed by atoms with van der Waals surface area (Å²) in [6.45, 7) is 0.515. The Balaban J connectivity index is 1.62. The third-order valence-corrected chi connectivity index (χ3v) is 4.51. The van der Waals surface area contributed by atoms with E-state index in [-0.39, 0.29) is 5.82 Å². The highest BCUT2D eigenvalue weighted by Crippen LogP contribution is 2.29. The van der Waals surface area contributed by atoms with Crippen molar-refractivity contribution in [2.24, 2.45) is 0 Å². The lowest BCUT2D eigenvalue weighted by Gasteiger charge is -2.07. The van der Waals surface area contributed by atoms with Gasteiger partial charge in [0.15, 0.2) is 0 Å². The Morgan fingerprint density at radius 1 is 1.04 bits per heavy atom. The minimum absolute atomic E-state index is 0.334. The molecule has 4 heterocycles. The fourth-order valence-corrected chi connectivity index (χ4v) is 3.30. The Labute approximate surface area is 148 Å². The average molecular weight is 343 g/mol. The molecule has 0 aliphatic carbocycles. The molecule has 0 saturated heterocycles. The van der Waals surface area contributed by atoms with Crippen molar-refractivity contribution in [2.75, 3.05) is 0 Å². The van der Waals surface area contributed by atoms with Gasteiger partial charge < -0.3 is 9.55 Å². The number of benzene rings is 1. The molecule has 0 saturated carbocycles. The van der Waals surface area contributed by atoms with E-state index in [2.05, 4.69) is 32.1 Å². The molecule has 0 aliphatic heterocycles. The molecular weight excluding hydrogens is 329 g/mol. The summed E-state index contributed by atoms with van der Waals surface area (Å²) < 4.78 is 15.4. The maximum atomic E-state index is 13.4. The quantitative estimate of drug-likeness (QED) is 0.535. The Bertz CT molecular complexity index is 1240. The molecule has 5 nitrogen and oxygen atoms in total. The van der Waals surface area contributed by atoms with Crippen LogP contribution in [0.3, 0.4) is 0 Å². The van der Waals surface area contributed by atoms with E-state index in [0.717, 1.165) is 38.8 Å². The van der Waals surface area contributed by atoms with Gasteiger partial charge in [0, 0.05) is 24.0 Å². The molecule has 0 fully saturated rings. The molecule has 0 aliphatic rings. The second kappa shape index (κ2) is 5.77. The molecular formula is C20H14FN5. The summed E-state index contributed by atoms with van der Waals surface area (Å²) in [7, 11) is 0. The third-order valence-electron chi connectivity index (χ3n) is 4.51. The number of fused-ring (bicyclic) bond motifs is 2. The van der Waals surface area contributed by atoms with Gasteiger partial charge in [0.2, 0.25) is 0 Å². The third kappa shape index (κ3) is 2.43. The molecule has 26 heavy (non-hydrogen) atoms. The van der Waals surface area contributed by atoms with E-state index in [1.54, 1.807) is 18.7 Å². The zero-order valence-corrected chi connectivity index (χ0v) is 13.7. The second-order valence-electron chi connectivity index (χ2n) is 6.19. The molecule has 0 radical (unpaired) electrons. The van der Waals surface area contributed by atoms with E-state index < -0.39 is 0 Å². The molecule has 4 aromatic heterocycles. The topological polar surface area (TPSA) is 59.4 Å². The zero-order chi connectivity index (χ0) is 17.5. The van der Waals surface area contributed by atoms with Gasteiger partial charge in [-0.15, -0.1) is 0 Å². The molecule has 5 rings (SSSR count). The first-order valence-electron chi connectivity index (χ1n) is 8.25. The van der Waals surface area contributed by atoms with Crippen LogP contribution in [-0.4, -0.2) is 24.5 Å². The first-order chi connectivity index (χ1) is 12.8. The van der Waals surface area contributed by atoms with E-state index >= 15 is 0 Å². The predicted molar refractivity (Wildman–Crippen MR) is 98.1 cm³/mol. The molecule has 126 valence electrons.